The van der Waals surface area contributed by atoms with Crippen LogP contribution in [0.5, 0.6) is 0 Å². The van der Waals surface area contributed by atoms with Crippen molar-refractivity contribution < 1.29 is 9.69 Å². The Hall–Kier alpha value is -1.17. The van der Waals surface area contributed by atoms with E-state index in [2.05, 4.69) is 32.7 Å². The standard InChI is InChI=1S/C19H21BrN2OS/c1-12-10-14(20)4-5-16(12)21-18(23)11-22-8-6-17-15(7-9-24-17)19(22)13-2-3-13/h4-5,7,9-10,13,19H,2-3,6,8,11H2,1H3,(H,21,23)/p+1/t19-/m0/s1. The Morgan fingerprint density at radius 1 is 1.38 bits per heavy atom. The third kappa shape index (κ3) is 3.30. The van der Waals surface area contributed by atoms with Gasteiger partial charge in [-0.15, -0.1) is 11.3 Å². The van der Waals surface area contributed by atoms with Crippen molar-refractivity contribution >= 4 is 38.9 Å². The lowest BCUT2D eigenvalue weighted by Gasteiger charge is -2.32. The first-order valence-corrected chi connectivity index (χ1v) is 10.3. The van der Waals surface area contributed by atoms with Gasteiger partial charge in [0.05, 0.1) is 6.54 Å². The predicted molar refractivity (Wildman–Crippen MR) is 102 cm³/mol. The SMILES string of the molecule is Cc1cc(Br)ccc1NC(=O)C[NH+]1CCc2sccc2[C@@H]1C1CC1. The van der Waals surface area contributed by atoms with E-state index in [0.29, 0.717) is 12.6 Å². The average Bonchev–Trinajstić information content (AvgIpc) is 3.26. The molecule has 1 amide bonds. The zero-order valence-corrected chi connectivity index (χ0v) is 16.2. The van der Waals surface area contributed by atoms with E-state index in [4.69, 9.17) is 0 Å². The summed E-state index contributed by atoms with van der Waals surface area (Å²) in [6.07, 6.45) is 3.74. The first kappa shape index (κ1) is 16.3. The third-order valence-electron chi connectivity index (χ3n) is 5.17. The quantitative estimate of drug-likeness (QED) is 0.803. The first-order valence-electron chi connectivity index (χ1n) is 8.58. The molecule has 3 nitrogen and oxygen atoms in total. The highest BCUT2D eigenvalue weighted by molar-refractivity contribution is 9.10. The van der Waals surface area contributed by atoms with Gasteiger partial charge in [-0.3, -0.25) is 4.79 Å². The number of benzene rings is 1. The van der Waals surface area contributed by atoms with Gasteiger partial charge >= 0.3 is 0 Å². The molecular weight excluding hydrogens is 384 g/mol. The van der Waals surface area contributed by atoms with Crippen molar-refractivity contribution in [3.05, 3.63) is 50.1 Å². The average molecular weight is 406 g/mol. The molecule has 0 saturated heterocycles. The molecule has 0 radical (unpaired) electrons. The minimum atomic E-state index is 0.125. The van der Waals surface area contributed by atoms with Gasteiger partial charge in [-0.25, -0.2) is 0 Å². The number of nitrogens with one attached hydrogen (secondary N) is 2. The molecule has 0 bridgehead atoms. The second-order valence-corrected chi connectivity index (χ2v) is 8.87. The lowest BCUT2D eigenvalue weighted by Crippen LogP contribution is -3.14. The van der Waals surface area contributed by atoms with Gasteiger partial charge in [-0.05, 0) is 55.0 Å². The van der Waals surface area contributed by atoms with Gasteiger partial charge < -0.3 is 10.2 Å². The van der Waals surface area contributed by atoms with E-state index >= 15 is 0 Å². The largest absolute Gasteiger partial charge is 0.321 e. The van der Waals surface area contributed by atoms with Crippen molar-refractivity contribution in [2.24, 2.45) is 5.92 Å². The number of halogens is 1. The van der Waals surface area contributed by atoms with E-state index in [1.807, 2.05) is 36.5 Å². The van der Waals surface area contributed by atoms with Crippen molar-refractivity contribution in [3.8, 4) is 0 Å². The molecular formula is C19H22BrN2OS+. The highest BCUT2D eigenvalue weighted by atomic mass is 79.9. The van der Waals surface area contributed by atoms with Crippen LogP contribution < -0.4 is 10.2 Å². The number of anilines is 1. The summed E-state index contributed by atoms with van der Waals surface area (Å²) < 4.78 is 1.04. The van der Waals surface area contributed by atoms with Crippen molar-refractivity contribution in [1.29, 1.82) is 0 Å². The molecule has 2 aromatic rings. The van der Waals surface area contributed by atoms with Crippen LogP contribution in [0.3, 0.4) is 0 Å². The van der Waals surface area contributed by atoms with Crippen LogP contribution in [0.15, 0.2) is 34.1 Å². The van der Waals surface area contributed by atoms with E-state index < -0.39 is 0 Å². The third-order valence-corrected chi connectivity index (χ3v) is 6.66. The van der Waals surface area contributed by atoms with E-state index in [9.17, 15) is 4.79 Å². The zero-order valence-electron chi connectivity index (χ0n) is 13.8. The maximum absolute atomic E-state index is 12.6. The summed E-state index contributed by atoms with van der Waals surface area (Å²) in [4.78, 5) is 15.6. The molecule has 1 saturated carbocycles. The number of thiophene rings is 1. The molecule has 1 unspecified atom stereocenters. The Kier molecular flexibility index (Phi) is 4.50. The molecule has 2 aliphatic rings. The Balaban J connectivity index is 1.47. The van der Waals surface area contributed by atoms with Gasteiger partial charge in [0, 0.05) is 32.9 Å². The number of rotatable bonds is 4. The van der Waals surface area contributed by atoms with Crippen LogP contribution in [-0.2, 0) is 11.2 Å². The van der Waals surface area contributed by atoms with Crippen LogP contribution in [0.2, 0.25) is 0 Å². The lowest BCUT2D eigenvalue weighted by atomic mass is 9.96. The van der Waals surface area contributed by atoms with Crippen LogP contribution in [0.1, 0.15) is 34.9 Å². The first-order chi connectivity index (χ1) is 11.6. The van der Waals surface area contributed by atoms with Gasteiger partial charge in [0.1, 0.15) is 6.04 Å². The van der Waals surface area contributed by atoms with Crippen LogP contribution in [0, 0.1) is 12.8 Å². The number of carbonyl (C=O) groups excluding carboxylic acids is 1. The lowest BCUT2D eigenvalue weighted by molar-refractivity contribution is -0.928. The fourth-order valence-corrected chi connectivity index (χ4v) is 5.27. The summed E-state index contributed by atoms with van der Waals surface area (Å²) in [6, 6.07) is 8.79. The molecule has 2 N–H and O–H groups in total. The minimum absolute atomic E-state index is 0.125. The van der Waals surface area contributed by atoms with E-state index in [1.54, 1.807) is 4.88 Å². The molecule has 1 aromatic heterocycles. The molecule has 1 fully saturated rings. The molecule has 5 heteroatoms. The topological polar surface area (TPSA) is 33.5 Å². The number of quaternary nitrogens is 1. The monoisotopic (exact) mass is 405 g/mol. The van der Waals surface area contributed by atoms with Gasteiger partial charge in [-0.2, -0.15) is 0 Å². The Morgan fingerprint density at radius 3 is 2.96 bits per heavy atom. The van der Waals surface area contributed by atoms with Gasteiger partial charge in [0.15, 0.2) is 6.54 Å². The van der Waals surface area contributed by atoms with E-state index in [0.717, 1.165) is 34.6 Å². The van der Waals surface area contributed by atoms with Crippen LogP contribution in [0.25, 0.3) is 0 Å². The van der Waals surface area contributed by atoms with Gasteiger partial charge in [0.25, 0.3) is 5.91 Å². The number of amides is 1. The molecule has 1 aliphatic heterocycles. The van der Waals surface area contributed by atoms with Crippen LogP contribution >= 0.6 is 27.3 Å². The summed E-state index contributed by atoms with van der Waals surface area (Å²) in [5.74, 6) is 0.899. The van der Waals surface area contributed by atoms with Crippen molar-refractivity contribution in [2.75, 3.05) is 18.4 Å². The number of carbonyl (C=O) groups is 1. The fourth-order valence-electron chi connectivity index (χ4n) is 3.86. The molecule has 4 rings (SSSR count). The Labute approximate surface area is 155 Å². The van der Waals surface area contributed by atoms with Crippen molar-refractivity contribution in [3.63, 3.8) is 0 Å². The number of hydrogen-bond donors (Lipinski definition) is 2. The van der Waals surface area contributed by atoms with Crippen LogP contribution in [-0.4, -0.2) is 19.0 Å². The summed E-state index contributed by atoms with van der Waals surface area (Å²) in [7, 11) is 0. The molecule has 1 aromatic carbocycles. The summed E-state index contributed by atoms with van der Waals surface area (Å²) in [5, 5.41) is 5.32. The molecule has 1 aliphatic carbocycles. The van der Waals surface area contributed by atoms with E-state index in [-0.39, 0.29) is 5.91 Å². The summed E-state index contributed by atoms with van der Waals surface area (Å²) in [5.41, 5.74) is 3.51. The molecule has 126 valence electrons. The molecule has 24 heavy (non-hydrogen) atoms. The number of fused-ring (bicyclic) bond motifs is 1. The smallest absolute Gasteiger partial charge is 0.279 e. The highest BCUT2D eigenvalue weighted by Crippen LogP contribution is 2.42. The molecule has 0 spiro atoms. The maximum atomic E-state index is 12.6. The molecule has 2 heterocycles. The second-order valence-electron chi connectivity index (χ2n) is 6.96. The van der Waals surface area contributed by atoms with Gasteiger partial charge in [0.2, 0.25) is 0 Å². The Morgan fingerprint density at radius 2 is 2.21 bits per heavy atom. The molecule has 2 atom stereocenters. The summed E-state index contributed by atoms with van der Waals surface area (Å²) >= 11 is 5.35. The number of aryl methyl sites for hydroxylation is 1. The summed E-state index contributed by atoms with van der Waals surface area (Å²) in [6.45, 7) is 3.66. The van der Waals surface area contributed by atoms with Crippen molar-refractivity contribution in [2.45, 2.75) is 32.2 Å². The van der Waals surface area contributed by atoms with Gasteiger partial charge in [-0.1, -0.05) is 15.9 Å². The normalized spacial score (nSPS) is 22.9. The maximum Gasteiger partial charge on any atom is 0.279 e. The Bertz CT molecular complexity index is 768. The minimum Gasteiger partial charge on any atom is -0.321 e. The van der Waals surface area contributed by atoms with Crippen LogP contribution in [0.4, 0.5) is 5.69 Å². The highest BCUT2D eigenvalue weighted by Gasteiger charge is 2.43. The fraction of sp³-hybridized carbons (Fsp3) is 0.421. The van der Waals surface area contributed by atoms with Crippen molar-refractivity contribution in [1.82, 2.24) is 0 Å². The number of hydrogen-bond acceptors (Lipinski definition) is 2. The second kappa shape index (κ2) is 6.62. The predicted octanol–water partition coefficient (Wildman–Crippen LogP) is 3.35. The van der Waals surface area contributed by atoms with E-state index in [1.165, 1.54) is 23.3 Å². The zero-order chi connectivity index (χ0) is 16.7.